The number of nitrogens with one attached hydrogen (secondary N) is 3. The monoisotopic (exact) mass is 258 g/mol. The molecular formula is C10H18N4O4. The summed E-state index contributed by atoms with van der Waals surface area (Å²) >= 11 is 0. The Morgan fingerprint density at radius 3 is 2.67 bits per heavy atom. The molecule has 5 N–H and O–H groups in total. The Hall–Kier alpha value is -2.12. The summed E-state index contributed by atoms with van der Waals surface area (Å²) in [6, 6.07) is -0.869. The summed E-state index contributed by atoms with van der Waals surface area (Å²) in [5.41, 5.74) is 5.08. The molecule has 0 saturated heterocycles. The molecule has 0 aliphatic heterocycles. The minimum absolute atomic E-state index is 0.0887. The van der Waals surface area contributed by atoms with Gasteiger partial charge in [-0.05, 0) is 12.8 Å². The van der Waals surface area contributed by atoms with Crippen LogP contribution in [0.2, 0.25) is 0 Å². The summed E-state index contributed by atoms with van der Waals surface area (Å²) in [4.78, 5) is 32.8. The molecule has 0 bridgehead atoms. The third-order valence-electron chi connectivity index (χ3n) is 2.04. The van der Waals surface area contributed by atoms with Crippen molar-refractivity contribution in [3.8, 4) is 0 Å². The fraction of sp³-hybridized carbons (Fsp3) is 0.600. The fourth-order valence-corrected chi connectivity index (χ4v) is 1.14. The number of ether oxygens (including phenoxy) is 1. The van der Waals surface area contributed by atoms with Gasteiger partial charge in [0.25, 0.3) is 0 Å². The lowest BCUT2D eigenvalue weighted by Gasteiger charge is -2.14. The molecule has 0 aromatic carbocycles. The second-order valence-electron chi connectivity index (χ2n) is 3.47. The first kappa shape index (κ1) is 15.9. The molecule has 1 atom stereocenters. The van der Waals surface area contributed by atoms with Gasteiger partial charge in [-0.15, -0.1) is 0 Å². The second kappa shape index (κ2) is 8.97. The number of esters is 2. The highest BCUT2D eigenvalue weighted by Gasteiger charge is 2.21. The molecule has 1 amide bonds. The van der Waals surface area contributed by atoms with E-state index in [0.717, 1.165) is 0 Å². The van der Waals surface area contributed by atoms with Crippen LogP contribution < -0.4 is 16.4 Å². The Bertz CT molecular complexity index is 319. The SMILES string of the molecule is CCC(=O)OC(=O)[C@H](CCCNC(=N)N)NC=O. The average molecular weight is 258 g/mol. The molecule has 0 aliphatic carbocycles. The Labute approximate surface area is 105 Å². The standard InChI is InChI=1S/C10H18N4O4/c1-2-8(16)18-9(17)7(14-6-15)4-3-5-13-10(11)12/h6-7H,2-5H2,1H3,(H,14,15)(H4,11,12,13)/t7-/m0/s1. The summed E-state index contributed by atoms with van der Waals surface area (Å²) in [7, 11) is 0. The van der Waals surface area contributed by atoms with Crippen molar-refractivity contribution in [1.29, 1.82) is 5.41 Å². The number of hydrogen-bond acceptors (Lipinski definition) is 5. The van der Waals surface area contributed by atoms with Gasteiger partial charge in [0.1, 0.15) is 6.04 Å². The smallest absolute Gasteiger partial charge is 0.336 e. The van der Waals surface area contributed by atoms with Gasteiger partial charge in [-0.1, -0.05) is 6.92 Å². The predicted molar refractivity (Wildman–Crippen MR) is 63.5 cm³/mol. The molecule has 0 heterocycles. The maximum Gasteiger partial charge on any atom is 0.336 e. The average Bonchev–Trinajstić information content (AvgIpc) is 2.32. The quantitative estimate of drug-likeness (QED) is 0.108. The van der Waals surface area contributed by atoms with E-state index in [1.54, 1.807) is 6.92 Å². The zero-order chi connectivity index (χ0) is 14.0. The lowest BCUT2D eigenvalue weighted by Crippen LogP contribution is -2.39. The molecule has 0 aliphatic rings. The van der Waals surface area contributed by atoms with Crippen molar-refractivity contribution in [2.75, 3.05) is 6.54 Å². The molecule has 0 aromatic rings. The third-order valence-corrected chi connectivity index (χ3v) is 2.04. The van der Waals surface area contributed by atoms with Crippen molar-refractivity contribution in [2.24, 2.45) is 5.73 Å². The van der Waals surface area contributed by atoms with Crippen molar-refractivity contribution < 1.29 is 19.1 Å². The van der Waals surface area contributed by atoms with Crippen LogP contribution in [0.5, 0.6) is 0 Å². The van der Waals surface area contributed by atoms with Gasteiger partial charge in [0.15, 0.2) is 5.96 Å². The molecule has 8 heteroatoms. The molecule has 0 unspecified atom stereocenters. The highest BCUT2D eigenvalue weighted by Crippen LogP contribution is 2.00. The van der Waals surface area contributed by atoms with E-state index >= 15 is 0 Å². The zero-order valence-electron chi connectivity index (χ0n) is 10.2. The maximum absolute atomic E-state index is 11.5. The van der Waals surface area contributed by atoms with Gasteiger partial charge in [-0.25, -0.2) is 4.79 Å². The Morgan fingerprint density at radius 1 is 1.50 bits per heavy atom. The summed E-state index contributed by atoms with van der Waals surface area (Å²) < 4.78 is 4.51. The van der Waals surface area contributed by atoms with E-state index < -0.39 is 18.0 Å². The van der Waals surface area contributed by atoms with Gasteiger partial charge in [0.2, 0.25) is 6.41 Å². The van der Waals surface area contributed by atoms with E-state index in [4.69, 9.17) is 11.1 Å². The van der Waals surface area contributed by atoms with Crippen LogP contribution in [0.3, 0.4) is 0 Å². The molecule has 0 saturated carbocycles. The molecule has 0 aromatic heterocycles. The van der Waals surface area contributed by atoms with Crippen molar-refractivity contribution in [3.63, 3.8) is 0 Å². The van der Waals surface area contributed by atoms with Crippen LogP contribution in [0, 0.1) is 5.41 Å². The molecule has 0 radical (unpaired) electrons. The Balaban J connectivity index is 4.11. The fourth-order valence-electron chi connectivity index (χ4n) is 1.14. The predicted octanol–water partition coefficient (Wildman–Crippen LogP) is -1.16. The molecule has 0 rings (SSSR count). The summed E-state index contributed by atoms with van der Waals surface area (Å²) in [5, 5.41) is 11.8. The topological polar surface area (TPSA) is 134 Å². The van der Waals surface area contributed by atoms with Crippen LogP contribution in [0.4, 0.5) is 0 Å². The number of rotatable bonds is 8. The minimum atomic E-state index is -0.869. The first-order valence-corrected chi connectivity index (χ1v) is 5.53. The van der Waals surface area contributed by atoms with E-state index in [1.807, 2.05) is 0 Å². The first-order valence-electron chi connectivity index (χ1n) is 5.53. The second-order valence-corrected chi connectivity index (χ2v) is 3.47. The molecule has 18 heavy (non-hydrogen) atoms. The van der Waals surface area contributed by atoms with E-state index in [0.29, 0.717) is 19.4 Å². The highest BCUT2D eigenvalue weighted by molar-refractivity contribution is 5.89. The van der Waals surface area contributed by atoms with Crippen molar-refractivity contribution >= 4 is 24.3 Å². The maximum atomic E-state index is 11.5. The zero-order valence-corrected chi connectivity index (χ0v) is 10.2. The number of amides is 1. The van der Waals surface area contributed by atoms with Crippen LogP contribution in [0.15, 0.2) is 0 Å². The van der Waals surface area contributed by atoms with Gasteiger partial charge in [-0.3, -0.25) is 15.0 Å². The van der Waals surface area contributed by atoms with E-state index in [1.165, 1.54) is 0 Å². The van der Waals surface area contributed by atoms with Crippen molar-refractivity contribution in [3.05, 3.63) is 0 Å². The van der Waals surface area contributed by atoms with Gasteiger partial charge in [0, 0.05) is 13.0 Å². The molecule has 8 nitrogen and oxygen atoms in total. The number of carbonyl (C=O) groups excluding carboxylic acids is 3. The van der Waals surface area contributed by atoms with Crippen molar-refractivity contribution in [2.45, 2.75) is 32.2 Å². The highest BCUT2D eigenvalue weighted by atomic mass is 16.6. The van der Waals surface area contributed by atoms with Crippen LogP contribution in [0.1, 0.15) is 26.2 Å². The van der Waals surface area contributed by atoms with Crippen LogP contribution in [0.25, 0.3) is 0 Å². The molecule has 0 fully saturated rings. The number of nitrogens with two attached hydrogens (primary N) is 1. The Morgan fingerprint density at radius 2 is 2.17 bits per heavy atom. The van der Waals surface area contributed by atoms with E-state index in [-0.39, 0.29) is 18.8 Å². The summed E-state index contributed by atoms with van der Waals surface area (Å²) in [6.45, 7) is 1.95. The minimum Gasteiger partial charge on any atom is -0.392 e. The van der Waals surface area contributed by atoms with Crippen LogP contribution in [-0.4, -0.2) is 36.9 Å². The molecule has 0 spiro atoms. The molecular weight excluding hydrogens is 240 g/mol. The first-order chi connectivity index (χ1) is 8.51. The number of hydrogen-bond donors (Lipinski definition) is 4. The number of carbonyl (C=O) groups is 3. The third kappa shape index (κ3) is 7.20. The Kier molecular flexibility index (Phi) is 7.91. The van der Waals surface area contributed by atoms with Gasteiger partial charge < -0.3 is 21.1 Å². The van der Waals surface area contributed by atoms with E-state index in [9.17, 15) is 14.4 Å². The van der Waals surface area contributed by atoms with E-state index in [2.05, 4.69) is 15.4 Å². The van der Waals surface area contributed by atoms with Gasteiger partial charge in [-0.2, -0.15) is 0 Å². The normalized spacial score (nSPS) is 11.2. The van der Waals surface area contributed by atoms with Gasteiger partial charge in [0.05, 0.1) is 0 Å². The van der Waals surface area contributed by atoms with Crippen LogP contribution >= 0.6 is 0 Å². The van der Waals surface area contributed by atoms with Crippen LogP contribution in [-0.2, 0) is 19.1 Å². The number of guanidine groups is 1. The lowest BCUT2D eigenvalue weighted by molar-refractivity contribution is -0.161. The van der Waals surface area contributed by atoms with Gasteiger partial charge >= 0.3 is 11.9 Å². The largest absolute Gasteiger partial charge is 0.392 e. The summed E-state index contributed by atoms with van der Waals surface area (Å²) in [5.74, 6) is -1.59. The molecule has 102 valence electrons. The summed E-state index contributed by atoms with van der Waals surface area (Å²) in [6.07, 6.45) is 1.24. The lowest BCUT2D eigenvalue weighted by atomic mass is 10.1. The van der Waals surface area contributed by atoms with Crippen molar-refractivity contribution in [1.82, 2.24) is 10.6 Å².